The third-order valence-corrected chi connectivity index (χ3v) is 2.51. The van der Waals surface area contributed by atoms with E-state index in [1.54, 1.807) is 0 Å². The molecule has 0 amide bonds. The Balaban J connectivity index is 2.47. The van der Waals surface area contributed by atoms with Crippen LogP contribution in [-0.2, 0) is 0 Å². The third kappa shape index (κ3) is 4.18. The van der Waals surface area contributed by atoms with Crippen LogP contribution >= 0.6 is 0 Å². The average molecular weight is 202 g/mol. The minimum atomic E-state index is -0.227. The fraction of sp³-hybridized carbons (Fsp3) is 0.429. The van der Waals surface area contributed by atoms with Crippen LogP contribution in [0.15, 0.2) is 30.3 Å². The number of hydrogen-bond acceptors (Lipinski definition) is 1. The second kappa shape index (κ2) is 6.27. The molecule has 1 nitrogen and oxygen atoms in total. The van der Waals surface area contributed by atoms with E-state index in [1.807, 2.05) is 44.2 Å². The van der Waals surface area contributed by atoms with Crippen LogP contribution in [0.1, 0.15) is 32.3 Å². The second-order valence-electron chi connectivity index (χ2n) is 3.82. The van der Waals surface area contributed by atoms with Crippen molar-refractivity contribution < 1.29 is 5.11 Å². The van der Waals surface area contributed by atoms with Gasteiger partial charge in [0.05, 0.1) is 6.10 Å². The summed E-state index contributed by atoms with van der Waals surface area (Å²) >= 11 is 0. The lowest BCUT2D eigenvalue weighted by Gasteiger charge is -2.13. The Kier molecular flexibility index (Phi) is 4.93. The lowest BCUT2D eigenvalue weighted by molar-refractivity contribution is 0.115. The van der Waals surface area contributed by atoms with E-state index in [1.165, 1.54) is 0 Å². The first-order valence-electron chi connectivity index (χ1n) is 5.46. The van der Waals surface area contributed by atoms with E-state index >= 15 is 0 Å². The molecule has 0 saturated carbocycles. The molecule has 1 N–H and O–H groups in total. The summed E-state index contributed by atoms with van der Waals surface area (Å²) in [5, 5.41) is 9.56. The van der Waals surface area contributed by atoms with Crippen molar-refractivity contribution in [2.45, 2.75) is 32.8 Å². The molecular formula is C14H18O. The van der Waals surface area contributed by atoms with E-state index in [4.69, 9.17) is 0 Å². The topological polar surface area (TPSA) is 20.2 Å². The van der Waals surface area contributed by atoms with Crippen molar-refractivity contribution in [1.82, 2.24) is 0 Å². The normalized spacial score (nSPS) is 13.8. The van der Waals surface area contributed by atoms with Crippen LogP contribution in [0.5, 0.6) is 0 Å². The van der Waals surface area contributed by atoms with Gasteiger partial charge in [-0.15, -0.1) is 0 Å². The van der Waals surface area contributed by atoms with Crippen molar-refractivity contribution in [3.8, 4) is 11.8 Å². The maximum Gasteiger partial charge on any atom is 0.0572 e. The number of rotatable bonds is 3. The van der Waals surface area contributed by atoms with Crippen molar-refractivity contribution in [3.63, 3.8) is 0 Å². The molecule has 0 aliphatic heterocycles. The van der Waals surface area contributed by atoms with Crippen LogP contribution in [0.3, 0.4) is 0 Å². The van der Waals surface area contributed by atoms with Crippen LogP contribution < -0.4 is 0 Å². The fourth-order valence-corrected chi connectivity index (χ4v) is 1.37. The monoisotopic (exact) mass is 202 g/mol. The lowest BCUT2D eigenvalue weighted by Crippen LogP contribution is -2.15. The van der Waals surface area contributed by atoms with Crippen molar-refractivity contribution in [2.75, 3.05) is 0 Å². The predicted molar refractivity (Wildman–Crippen MR) is 63.4 cm³/mol. The first kappa shape index (κ1) is 11.8. The molecule has 0 aliphatic rings. The van der Waals surface area contributed by atoms with E-state index in [0.29, 0.717) is 0 Å². The molecule has 15 heavy (non-hydrogen) atoms. The summed E-state index contributed by atoms with van der Waals surface area (Å²) in [7, 11) is 0. The van der Waals surface area contributed by atoms with Gasteiger partial charge in [-0.3, -0.25) is 0 Å². The van der Waals surface area contributed by atoms with Crippen LogP contribution in [-0.4, -0.2) is 11.2 Å². The predicted octanol–water partition coefficient (Wildman–Crippen LogP) is 2.84. The van der Waals surface area contributed by atoms with Gasteiger partial charge in [0.25, 0.3) is 0 Å². The standard InChI is InChI=1S/C14H18O/c1-3-14(15)12(2)8-7-11-13-9-5-4-6-10-13/h4-6,9-10,12,14-15H,3,8H2,1-2H3. The molecule has 1 aromatic rings. The highest BCUT2D eigenvalue weighted by Gasteiger charge is 2.09. The van der Waals surface area contributed by atoms with E-state index in [9.17, 15) is 5.11 Å². The van der Waals surface area contributed by atoms with Crippen LogP contribution in [0.2, 0.25) is 0 Å². The minimum Gasteiger partial charge on any atom is -0.393 e. The first-order valence-corrected chi connectivity index (χ1v) is 5.46. The maximum absolute atomic E-state index is 9.56. The van der Waals surface area contributed by atoms with Gasteiger partial charge in [-0.25, -0.2) is 0 Å². The Hall–Kier alpha value is -1.26. The molecule has 1 aromatic carbocycles. The van der Waals surface area contributed by atoms with Gasteiger partial charge in [-0.05, 0) is 24.5 Å². The molecular weight excluding hydrogens is 184 g/mol. The van der Waals surface area contributed by atoms with Crippen LogP contribution in [0, 0.1) is 17.8 Å². The zero-order valence-corrected chi connectivity index (χ0v) is 9.40. The Morgan fingerprint density at radius 3 is 2.53 bits per heavy atom. The molecule has 1 rings (SSSR count). The molecule has 0 spiro atoms. The van der Waals surface area contributed by atoms with Crippen LogP contribution in [0.4, 0.5) is 0 Å². The molecule has 80 valence electrons. The molecule has 0 fully saturated rings. The highest BCUT2D eigenvalue weighted by atomic mass is 16.3. The summed E-state index contributed by atoms with van der Waals surface area (Å²) in [4.78, 5) is 0. The minimum absolute atomic E-state index is 0.227. The van der Waals surface area contributed by atoms with Gasteiger partial charge in [0.1, 0.15) is 0 Å². The van der Waals surface area contributed by atoms with Gasteiger partial charge in [0.15, 0.2) is 0 Å². The lowest BCUT2D eigenvalue weighted by atomic mass is 9.99. The van der Waals surface area contributed by atoms with Crippen LogP contribution in [0.25, 0.3) is 0 Å². The number of benzene rings is 1. The Morgan fingerprint density at radius 1 is 1.27 bits per heavy atom. The summed E-state index contributed by atoms with van der Waals surface area (Å²) in [6.07, 6.45) is 1.33. The van der Waals surface area contributed by atoms with E-state index in [2.05, 4.69) is 11.8 Å². The largest absolute Gasteiger partial charge is 0.393 e. The van der Waals surface area contributed by atoms with E-state index in [0.717, 1.165) is 18.4 Å². The molecule has 0 heterocycles. The Bertz CT molecular complexity index is 331. The molecule has 0 saturated heterocycles. The Morgan fingerprint density at radius 2 is 1.93 bits per heavy atom. The summed E-state index contributed by atoms with van der Waals surface area (Å²) in [6, 6.07) is 9.93. The molecule has 0 bridgehead atoms. The molecule has 2 unspecified atom stereocenters. The number of aliphatic hydroxyl groups excluding tert-OH is 1. The average Bonchev–Trinajstić information content (AvgIpc) is 2.29. The number of aliphatic hydroxyl groups is 1. The Labute approximate surface area is 92.1 Å². The quantitative estimate of drug-likeness (QED) is 0.747. The summed E-state index contributed by atoms with van der Waals surface area (Å²) < 4.78 is 0. The second-order valence-corrected chi connectivity index (χ2v) is 3.82. The first-order chi connectivity index (χ1) is 7.24. The van der Waals surface area contributed by atoms with Gasteiger partial charge in [-0.2, -0.15) is 0 Å². The highest BCUT2D eigenvalue weighted by Crippen LogP contribution is 2.10. The van der Waals surface area contributed by atoms with Crippen molar-refractivity contribution in [3.05, 3.63) is 35.9 Å². The molecule has 0 radical (unpaired) electrons. The number of hydrogen-bond donors (Lipinski definition) is 1. The highest BCUT2D eigenvalue weighted by molar-refractivity contribution is 5.33. The summed E-state index contributed by atoms with van der Waals surface area (Å²) in [5.41, 5.74) is 1.04. The van der Waals surface area contributed by atoms with Gasteiger partial charge in [0.2, 0.25) is 0 Å². The zero-order valence-electron chi connectivity index (χ0n) is 9.40. The maximum atomic E-state index is 9.56. The summed E-state index contributed by atoms with van der Waals surface area (Å²) in [5.74, 6) is 6.46. The van der Waals surface area contributed by atoms with Crippen molar-refractivity contribution >= 4 is 0 Å². The molecule has 0 aromatic heterocycles. The zero-order chi connectivity index (χ0) is 11.1. The van der Waals surface area contributed by atoms with Gasteiger partial charge in [-0.1, -0.05) is 43.9 Å². The van der Waals surface area contributed by atoms with Crippen molar-refractivity contribution in [1.29, 1.82) is 0 Å². The van der Waals surface area contributed by atoms with Gasteiger partial charge >= 0.3 is 0 Å². The summed E-state index contributed by atoms with van der Waals surface area (Å²) in [6.45, 7) is 4.03. The third-order valence-electron chi connectivity index (χ3n) is 2.51. The van der Waals surface area contributed by atoms with Crippen molar-refractivity contribution in [2.24, 2.45) is 5.92 Å². The van der Waals surface area contributed by atoms with E-state index in [-0.39, 0.29) is 12.0 Å². The molecule has 2 atom stereocenters. The molecule has 1 heteroatoms. The molecule has 0 aliphatic carbocycles. The SMILES string of the molecule is CCC(O)C(C)CC#Cc1ccccc1. The smallest absolute Gasteiger partial charge is 0.0572 e. The van der Waals surface area contributed by atoms with Gasteiger partial charge < -0.3 is 5.11 Å². The van der Waals surface area contributed by atoms with E-state index < -0.39 is 0 Å². The van der Waals surface area contributed by atoms with Gasteiger partial charge in [0, 0.05) is 12.0 Å². The fourth-order valence-electron chi connectivity index (χ4n) is 1.37.